The number of nitrogens with zero attached hydrogens (tertiary/aromatic N) is 2. The number of rotatable bonds is 1. The van der Waals surface area contributed by atoms with E-state index in [9.17, 15) is 0 Å². The molecule has 0 atom stereocenters. The molecule has 0 aromatic carbocycles. The molecule has 0 saturated heterocycles. The Balaban J connectivity index is 3.80. The van der Waals surface area contributed by atoms with E-state index in [4.69, 9.17) is 9.57 Å². The number of hydroxylamine groups is 2. The maximum atomic E-state index is 4.80. The fourth-order valence-corrected chi connectivity index (χ4v) is 0.439. The van der Waals surface area contributed by atoms with Gasteiger partial charge >= 0.3 is 6.02 Å². The van der Waals surface area contributed by atoms with Gasteiger partial charge in [-0.3, -0.25) is 4.84 Å². The average molecular weight is 132 g/mol. The van der Waals surface area contributed by atoms with Crippen LogP contribution in [-0.2, 0) is 9.57 Å². The summed E-state index contributed by atoms with van der Waals surface area (Å²) in [4.78, 5) is 8.54. The van der Waals surface area contributed by atoms with Gasteiger partial charge in [0, 0.05) is 14.1 Å². The second kappa shape index (κ2) is 4.14. The van der Waals surface area contributed by atoms with Crippen LogP contribution in [0.15, 0.2) is 4.99 Å². The molecule has 0 unspecified atom stereocenters. The molecule has 0 saturated carbocycles. The Hall–Kier alpha value is -0.770. The highest BCUT2D eigenvalue weighted by Gasteiger charge is 2.00. The van der Waals surface area contributed by atoms with E-state index in [-0.39, 0.29) is 0 Å². The topological polar surface area (TPSA) is 34.1 Å². The Bertz CT molecular complexity index is 103. The van der Waals surface area contributed by atoms with E-state index >= 15 is 0 Å². The minimum absolute atomic E-state index is 0.456. The second-order valence-electron chi connectivity index (χ2n) is 1.39. The van der Waals surface area contributed by atoms with Crippen LogP contribution in [-0.4, -0.2) is 39.4 Å². The molecule has 0 N–H and O–H groups in total. The number of aliphatic imine (C=N–C) groups is 1. The summed E-state index contributed by atoms with van der Waals surface area (Å²) in [5.41, 5.74) is 0. The van der Waals surface area contributed by atoms with Crippen LogP contribution in [0.5, 0.6) is 0 Å². The van der Waals surface area contributed by atoms with Gasteiger partial charge in [-0.05, 0) is 0 Å². The smallest absolute Gasteiger partial charge is 0.311 e. The summed E-state index contributed by atoms with van der Waals surface area (Å²) in [7, 11) is 6.43. The monoisotopic (exact) mass is 132 g/mol. The molecule has 0 aliphatic rings. The van der Waals surface area contributed by atoms with Crippen LogP contribution in [0.4, 0.5) is 0 Å². The number of amidine groups is 1. The minimum Gasteiger partial charge on any atom is -0.467 e. The van der Waals surface area contributed by atoms with Gasteiger partial charge in [0.05, 0.1) is 14.2 Å². The predicted molar refractivity (Wildman–Crippen MR) is 35.1 cm³/mol. The third kappa shape index (κ3) is 2.32. The number of hydrogen-bond acceptors (Lipinski definition) is 3. The zero-order chi connectivity index (χ0) is 7.28. The summed E-state index contributed by atoms with van der Waals surface area (Å²) >= 11 is 0. The van der Waals surface area contributed by atoms with E-state index in [0.29, 0.717) is 6.02 Å². The fraction of sp³-hybridized carbons (Fsp3) is 0.800. The van der Waals surface area contributed by atoms with Crippen molar-refractivity contribution in [3.8, 4) is 0 Å². The lowest BCUT2D eigenvalue weighted by atomic mass is 11.0. The summed E-state index contributed by atoms with van der Waals surface area (Å²) in [5, 5.41) is 1.43. The quantitative estimate of drug-likeness (QED) is 0.288. The standard InChI is InChI=1S/C5H12N2O2/c1-6-5(8-3)7(2)9-4/h1-4H3. The van der Waals surface area contributed by atoms with E-state index in [1.807, 2.05) is 0 Å². The molecule has 0 heterocycles. The van der Waals surface area contributed by atoms with Crippen molar-refractivity contribution in [3.05, 3.63) is 0 Å². The molecule has 4 nitrogen and oxygen atoms in total. The lowest BCUT2D eigenvalue weighted by Crippen LogP contribution is -2.26. The van der Waals surface area contributed by atoms with Crippen LogP contribution in [0.25, 0.3) is 0 Å². The minimum atomic E-state index is 0.456. The van der Waals surface area contributed by atoms with E-state index in [1.54, 1.807) is 21.2 Å². The van der Waals surface area contributed by atoms with Crippen LogP contribution in [0.1, 0.15) is 0 Å². The average Bonchev–Trinajstić information content (AvgIpc) is 1.90. The zero-order valence-corrected chi connectivity index (χ0v) is 6.21. The van der Waals surface area contributed by atoms with Crippen LogP contribution >= 0.6 is 0 Å². The molecule has 0 aliphatic carbocycles. The first-order valence-corrected chi connectivity index (χ1v) is 2.54. The van der Waals surface area contributed by atoms with Gasteiger partial charge in [-0.2, -0.15) is 0 Å². The molecule has 0 aromatic heterocycles. The molecule has 0 rings (SSSR count). The van der Waals surface area contributed by atoms with Crippen molar-refractivity contribution in [1.29, 1.82) is 0 Å². The lowest BCUT2D eigenvalue weighted by molar-refractivity contribution is -0.0604. The highest BCUT2D eigenvalue weighted by molar-refractivity contribution is 5.71. The Morgan fingerprint density at radius 2 is 2.00 bits per heavy atom. The second-order valence-corrected chi connectivity index (χ2v) is 1.39. The van der Waals surface area contributed by atoms with Crippen molar-refractivity contribution in [2.45, 2.75) is 0 Å². The molecule has 0 fully saturated rings. The Morgan fingerprint density at radius 3 is 2.11 bits per heavy atom. The van der Waals surface area contributed by atoms with Crippen molar-refractivity contribution in [2.75, 3.05) is 28.3 Å². The molecule has 0 bridgehead atoms. The highest BCUT2D eigenvalue weighted by atomic mass is 16.7. The maximum Gasteiger partial charge on any atom is 0.311 e. The summed E-state index contributed by atoms with van der Waals surface area (Å²) < 4.78 is 4.80. The van der Waals surface area contributed by atoms with Crippen molar-refractivity contribution in [2.24, 2.45) is 4.99 Å². The van der Waals surface area contributed by atoms with Gasteiger partial charge in [-0.25, -0.2) is 10.1 Å². The summed E-state index contributed by atoms with van der Waals surface area (Å²) in [6.07, 6.45) is 0. The largest absolute Gasteiger partial charge is 0.467 e. The Morgan fingerprint density at radius 1 is 1.44 bits per heavy atom. The summed E-state index contributed by atoms with van der Waals surface area (Å²) in [6, 6.07) is 0.456. The van der Waals surface area contributed by atoms with Gasteiger partial charge in [0.2, 0.25) is 0 Å². The molecular weight excluding hydrogens is 120 g/mol. The predicted octanol–water partition coefficient (Wildman–Crippen LogP) is 0.112. The van der Waals surface area contributed by atoms with E-state index in [0.717, 1.165) is 0 Å². The number of methoxy groups -OCH3 is 1. The van der Waals surface area contributed by atoms with Gasteiger partial charge in [0.1, 0.15) is 0 Å². The van der Waals surface area contributed by atoms with Gasteiger partial charge in [0.25, 0.3) is 0 Å². The SMILES string of the molecule is CN=C(OC)N(C)OC. The normalized spacial score (nSPS) is 11.3. The molecule has 9 heavy (non-hydrogen) atoms. The molecule has 0 aliphatic heterocycles. The first kappa shape index (κ1) is 8.23. The molecule has 0 amide bonds. The van der Waals surface area contributed by atoms with Gasteiger partial charge in [0.15, 0.2) is 0 Å². The summed E-state index contributed by atoms with van der Waals surface area (Å²) in [6.45, 7) is 0. The first-order valence-electron chi connectivity index (χ1n) is 2.54. The molecular formula is C5H12N2O2. The molecule has 0 spiro atoms. The Labute approximate surface area is 55.0 Å². The van der Waals surface area contributed by atoms with E-state index in [2.05, 4.69) is 4.99 Å². The lowest BCUT2D eigenvalue weighted by Gasteiger charge is -2.14. The third-order valence-electron chi connectivity index (χ3n) is 0.917. The van der Waals surface area contributed by atoms with Crippen LogP contribution in [0.2, 0.25) is 0 Å². The third-order valence-corrected chi connectivity index (χ3v) is 0.917. The number of hydrogen-bond donors (Lipinski definition) is 0. The Kier molecular flexibility index (Phi) is 3.79. The van der Waals surface area contributed by atoms with Crippen molar-refractivity contribution >= 4 is 6.02 Å². The molecule has 0 aromatic rings. The van der Waals surface area contributed by atoms with Gasteiger partial charge in [-0.1, -0.05) is 0 Å². The van der Waals surface area contributed by atoms with Crippen LogP contribution < -0.4 is 0 Å². The van der Waals surface area contributed by atoms with Crippen molar-refractivity contribution in [1.82, 2.24) is 5.06 Å². The molecule has 4 heteroatoms. The van der Waals surface area contributed by atoms with E-state index < -0.39 is 0 Å². The van der Waals surface area contributed by atoms with Crippen LogP contribution in [0.3, 0.4) is 0 Å². The number of ether oxygens (including phenoxy) is 1. The molecule has 0 radical (unpaired) electrons. The van der Waals surface area contributed by atoms with Gasteiger partial charge in [-0.15, -0.1) is 0 Å². The first-order chi connectivity index (χ1) is 4.26. The van der Waals surface area contributed by atoms with Crippen molar-refractivity contribution in [3.63, 3.8) is 0 Å². The van der Waals surface area contributed by atoms with Gasteiger partial charge < -0.3 is 4.74 Å². The molecule has 54 valence electrons. The van der Waals surface area contributed by atoms with Crippen LogP contribution in [0, 0.1) is 0 Å². The highest BCUT2D eigenvalue weighted by Crippen LogP contribution is 1.86. The zero-order valence-electron chi connectivity index (χ0n) is 6.21. The maximum absolute atomic E-state index is 4.80. The fourth-order valence-electron chi connectivity index (χ4n) is 0.439. The van der Waals surface area contributed by atoms with Crippen molar-refractivity contribution < 1.29 is 9.57 Å². The van der Waals surface area contributed by atoms with E-state index in [1.165, 1.54) is 12.2 Å². The summed E-state index contributed by atoms with van der Waals surface area (Å²) in [5.74, 6) is 0.